The van der Waals surface area contributed by atoms with Gasteiger partial charge in [0.25, 0.3) is 0 Å². The smallest absolute Gasteiger partial charge is 0.132 e. The molecule has 0 bridgehead atoms. The molecule has 4 aromatic carbocycles. The zero-order chi connectivity index (χ0) is 24.6. The van der Waals surface area contributed by atoms with Crippen molar-refractivity contribution in [3.63, 3.8) is 0 Å². The molecule has 0 aliphatic carbocycles. The van der Waals surface area contributed by atoms with E-state index in [1.807, 2.05) is 0 Å². The minimum Gasteiger partial charge on any atom is -0.486 e. The normalized spacial score (nSPS) is 13.1. The highest BCUT2D eigenvalue weighted by atomic mass is 16.5. The Hall–Kier alpha value is -4.12. The van der Waals surface area contributed by atoms with Crippen molar-refractivity contribution >= 4 is 32.6 Å². The lowest BCUT2D eigenvalue weighted by molar-refractivity contribution is 0.298. The summed E-state index contributed by atoms with van der Waals surface area (Å²) in [7, 11) is 0. The largest absolute Gasteiger partial charge is 0.486 e. The Morgan fingerprint density at radius 2 is 1.44 bits per heavy atom. The molecular formula is C31H28N4O. The predicted octanol–water partition coefficient (Wildman–Crippen LogP) is 8.07. The van der Waals surface area contributed by atoms with Crippen molar-refractivity contribution in [3.8, 4) is 28.1 Å². The average molecular weight is 473 g/mol. The topological polar surface area (TPSA) is 66.6 Å². The number of nitrogens with one attached hydrogen (secondary N) is 2. The molecular weight excluding hydrogens is 444 g/mol. The first-order valence-electron chi connectivity index (χ1n) is 12.7. The van der Waals surface area contributed by atoms with Gasteiger partial charge in [-0.15, -0.1) is 0 Å². The molecule has 7 rings (SSSR count). The highest BCUT2D eigenvalue weighted by Gasteiger charge is 2.23. The number of benzene rings is 4. The second-order valence-electron chi connectivity index (χ2n) is 10.4. The number of hydrogen-bond acceptors (Lipinski definition) is 3. The third-order valence-corrected chi connectivity index (χ3v) is 7.32. The molecule has 0 unspecified atom stereocenters. The number of fused-ring (bicyclic) bond motifs is 8. The van der Waals surface area contributed by atoms with Crippen LogP contribution in [-0.2, 0) is 6.61 Å². The van der Waals surface area contributed by atoms with Crippen molar-refractivity contribution in [2.75, 3.05) is 0 Å². The fourth-order valence-corrected chi connectivity index (χ4v) is 5.30. The zero-order valence-electron chi connectivity index (χ0n) is 20.9. The zero-order valence-corrected chi connectivity index (χ0v) is 20.9. The van der Waals surface area contributed by atoms with Gasteiger partial charge in [-0.05, 0) is 51.6 Å². The van der Waals surface area contributed by atoms with Gasteiger partial charge in [-0.25, -0.2) is 9.97 Å². The first-order chi connectivity index (χ1) is 17.5. The van der Waals surface area contributed by atoms with Crippen molar-refractivity contribution in [1.82, 2.24) is 19.9 Å². The molecule has 0 fully saturated rings. The first kappa shape index (κ1) is 21.2. The quantitative estimate of drug-likeness (QED) is 0.256. The Balaban J connectivity index is 1.31. The molecule has 36 heavy (non-hydrogen) atoms. The molecule has 0 spiro atoms. The summed E-state index contributed by atoms with van der Waals surface area (Å²) in [5.41, 5.74) is 7.62. The van der Waals surface area contributed by atoms with E-state index in [2.05, 4.69) is 98.3 Å². The second kappa shape index (κ2) is 7.69. The lowest BCUT2D eigenvalue weighted by Gasteiger charge is -2.18. The van der Waals surface area contributed by atoms with Crippen LogP contribution in [0.2, 0.25) is 0 Å². The van der Waals surface area contributed by atoms with Gasteiger partial charge in [-0.2, -0.15) is 0 Å². The van der Waals surface area contributed by atoms with E-state index in [-0.39, 0.29) is 0 Å². The minimum absolute atomic E-state index is 0.355. The van der Waals surface area contributed by atoms with Gasteiger partial charge in [0.05, 0.1) is 16.7 Å². The summed E-state index contributed by atoms with van der Waals surface area (Å²) in [4.78, 5) is 16.6. The molecule has 0 atom stereocenters. The van der Waals surface area contributed by atoms with Crippen molar-refractivity contribution < 1.29 is 4.74 Å². The van der Waals surface area contributed by atoms with Crippen LogP contribution >= 0.6 is 0 Å². The predicted molar refractivity (Wildman–Crippen MR) is 147 cm³/mol. The van der Waals surface area contributed by atoms with Crippen molar-refractivity contribution in [3.05, 3.63) is 78.0 Å². The lowest BCUT2D eigenvalue weighted by atomic mass is 9.95. The molecule has 2 N–H and O–H groups in total. The van der Waals surface area contributed by atoms with Crippen LogP contribution in [0.4, 0.5) is 0 Å². The number of nitrogens with zero attached hydrogens (tertiary/aromatic N) is 2. The SMILES string of the molecule is CC(C)c1nc2c([nH]1)-c1ccc(-c3ccc4c(ccc5c4ccc4[nH]c(C(C)C)nc45)c3)cc1OC2. The third kappa shape index (κ3) is 3.15. The van der Waals surface area contributed by atoms with Crippen LogP contribution in [-0.4, -0.2) is 19.9 Å². The maximum atomic E-state index is 6.12. The van der Waals surface area contributed by atoms with Gasteiger partial charge in [0.1, 0.15) is 29.7 Å². The molecule has 0 saturated heterocycles. The van der Waals surface area contributed by atoms with Gasteiger partial charge in [-0.1, -0.05) is 64.1 Å². The van der Waals surface area contributed by atoms with Crippen LogP contribution in [0.1, 0.15) is 56.9 Å². The number of rotatable bonds is 3. The monoisotopic (exact) mass is 472 g/mol. The Bertz CT molecular complexity index is 1800. The van der Waals surface area contributed by atoms with E-state index >= 15 is 0 Å². The number of ether oxygens (including phenoxy) is 1. The van der Waals surface area contributed by atoms with E-state index in [4.69, 9.17) is 14.7 Å². The van der Waals surface area contributed by atoms with E-state index in [1.165, 1.54) is 27.1 Å². The van der Waals surface area contributed by atoms with Crippen LogP contribution in [0.15, 0.2) is 60.7 Å². The molecule has 3 heterocycles. The molecule has 6 aromatic rings. The fourth-order valence-electron chi connectivity index (χ4n) is 5.30. The Kier molecular flexibility index (Phi) is 4.53. The van der Waals surface area contributed by atoms with E-state index in [1.54, 1.807) is 0 Å². The van der Waals surface area contributed by atoms with Crippen LogP contribution < -0.4 is 4.74 Å². The summed E-state index contributed by atoms with van der Waals surface area (Å²) in [6, 6.07) is 22.0. The standard InChI is InChI=1S/C31H28N4O/c1-16(2)30-32-25-12-11-22-21-8-5-18(13-20(21)7-9-23(22)28(25)34-30)19-6-10-24-27(14-19)36-15-26-29(24)35-31(33-26)17(3)4/h5-14,16-17H,15H2,1-4H3,(H,32,34)(H,33,35). The molecule has 5 nitrogen and oxygen atoms in total. The van der Waals surface area contributed by atoms with Gasteiger partial charge in [0, 0.05) is 22.8 Å². The van der Waals surface area contributed by atoms with E-state index in [0.717, 1.165) is 50.9 Å². The van der Waals surface area contributed by atoms with E-state index < -0.39 is 0 Å². The van der Waals surface area contributed by atoms with Crippen LogP contribution in [0, 0.1) is 0 Å². The highest BCUT2D eigenvalue weighted by molar-refractivity contribution is 6.16. The number of aromatic nitrogens is 4. The van der Waals surface area contributed by atoms with Crippen LogP contribution in [0.3, 0.4) is 0 Å². The van der Waals surface area contributed by atoms with Crippen LogP contribution in [0.25, 0.3) is 55.0 Å². The maximum absolute atomic E-state index is 6.12. The summed E-state index contributed by atoms with van der Waals surface area (Å²) in [5.74, 6) is 3.67. The van der Waals surface area contributed by atoms with Gasteiger partial charge >= 0.3 is 0 Å². The number of imidazole rings is 2. The molecule has 1 aliphatic heterocycles. The molecule has 178 valence electrons. The minimum atomic E-state index is 0.355. The summed E-state index contributed by atoms with van der Waals surface area (Å²) in [6.07, 6.45) is 0. The molecule has 2 aromatic heterocycles. The van der Waals surface area contributed by atoms with Crippen molar-refractivity contribution in [1.29, 1.82) is 0 Å². The summed E-state index contributed by atoms with van der Waals surface area (Å²) >= 11 is 0. The van der Waals surface area contributed by atoms with Crippen molar-refractivity contribution in [2.45, 2.75) is 46.1 Å². The van der Waals surface area contributed by atoms with E-state index in [9.17, 15) is 0 Å². The van der Waals surface area contributed by atoms with Gasteiger partial charge in [-0.3, -0.25) is 0 Å². The fraction of sp³-hybridized carbons (Fsp3) is 0.226. The summed E-state index contributed by atoms with van der Waals surface area (Å²) in [5, 5.41) is 4.88. The second-order valence-corrected chi connectivity index (χ2v) is 10.4. The average Bonchev–Trinajstić information content (AvgIpc) is 3.53. The van der Waals surface area contributed by atoms with Crippen LogP contribution in [0.5, 0.6) is 5.75 Å². The van der Waals surface area contributed by atoms with Gasteiger partial charge in [0.15, 0.2) is 0 Å². The Labute approximate surface area is 209 Å². The maximum Gasteiger partial charge on any atom is 0.132 e. The molecule has 5 heteroatoms. The van der Waals surface area contributed by atoms with Gasteiger partial charge in [0.2, 0.25) is 0 Å². The highest BCUT2D eigenvalue weighted by Crippen LogP contribution is 2.40. The van der Waals surface area contributed by atoms with E-state index in [0.29, 0.717) is 18.4 Å². The molecule has 0 radical (unpaired) electrons. The number of hydrogen-bond donors (Lipinski definition) is 2. The summed E-state index contributed by atoms with van der Waals surface area (Å²) < 4.78 is 6.12. The lowest BCUT2D eigenvalue weighted by Crippen LogP contribution is -2.05. The first-order valence-corrected chi connectivity index (χ1v) is 12.7. The molecule has 1 aliphatic rings. The number of aromatic amines is 2. The third-order valence-electron chi connectivity index (χ3n) is 7.32. The Morgan fingerprint density at radius 3 is 2.28 bits per heavy atom. The Morgan fingerprint density at radius 1 is 0.722 bits per heavy atom. The summed E-state index contributed by atoms with van der Waals surface area (Å²) in [6.45, 7) is 9.13. The molecule has 0 saturated carbocycles. The molecule has 0 amide bonds. The van der Waals surface area contributed by atoms with Gasteiger partial charge < -0.3 is 14.7 Å². The number of H-pyrrole nitrogens is 2. The van der Waals surface area contributed by atoms with Crippen molar-refractivity contribution in [2.24, 2.45) is 0 Å².